The quantitative estimate of drug-likeness (QED) is 0.484. The van der Waals surface area contributed by atoms with E-state index in [1.807, 2.05) is 0 Å². The maximum Gasteiger partial charge on any atom is 0.184 e. The van der Waals surface area contributed by atoms with Crippen LogP contribution in [0.1, 0.15) is 5.76 Å². The third kappa shape index (κ3) is 1.60. The molecule has 0 fully saturated rings. The Morgan fingerprint density at radius 3 is 2.70 bits per heavy atom. The number of hydrogen-bond donors (Lipinski definition) is 1. The smallest absolute Gasteiger partial charge is 0.184 e. The van der Waals surface area contributed by atoms with Gasteiger partial charge in [-0.15, -0.1) is 0 Å². The molecule has 0 saturated carbocycles. The fourth-order valence-electron chi connectivity index (χ4n) is 0.484. The molecule has 1 rings (SSSR count). The van der Waals surface area contributed by atoms with Crippen LogP contribution in [-0.2, 0) is 0 Å². The molecule has 0 aromatic carbocycles. The lowest BCUT2D eigenvalue weighted by Gasteiger charge is -1.78. The highest BCUT2D eigenvalue weighted by molar-refractivity contribution is 9.13. The van der Waals surface area contributed by atoms with Gasteiger partial charge in [-0.3, -0.25) is 0 Å². The molecule has 1 N–H and O–H groups in total. The molecule has 3 nitrogen and oxygen atoms in total. The van der Waals surface area contributed by atoms with Crippen LogP contribution in [0, 0.1) is 0 Å². The number of hydrogen-bond acceptors (Lipinski definition) is 3. The van der Waals surface area contributed by atoms with Crippen molar-refractivity contribution >= 4 is 38.1 Å². The number of furan rings is 1. The van der Waals surface area contributed by atoms with E-state index in [2.05, 4.69) is 37.0 Å². The summed E-state index contributed by atoms with van der Waals surface area (Å²) in [7, 11) is 0. The van der Waals surface area contributed by atoms with Crippen LogP contribution in [0.15, 0.2) is 24.8 Å². The standard InChI is InChI=1S/C5H3Br2NO2/c6-4-1-3(2-8-9)10-5(4)7/h1-2,9H/b8-2+. The molecule has 5 heteroatoms. The van der Waals surface area contributed by atoms with Crippen molar-refractivity contribution in [2.75, 3.05) is 0 Å². The Balaban J connectivity index is 2.98. The lowest BCUT2D eigenvalue weighted by Crippen LogP contribution is -1.70. The number of rotatable bonds is 1. The van der Waals surface area contributed by atoms with E-state index >= 15 is 0 Å². The second-order valence-electron chi connectivity index (χ2n) is 1.51. The Hall–Kier alpha value is -0.290. The SMILES string of the molecule is O/N=C/c1cc(Br)c(Br)o1. The van der Waals surface area contributed by atoms with E-state index < -0.39 is 0 Å². The molecule has 0 saturated heterocycles. The molecule has 0 atom stereocenters. The summed E-state index contributed by atoms with van der Waals surface area (Å²) in [6.45, 7) is 0. The maximum absolute atomic E-state index is 8.10. The van der Waals surface area contributed by atoms with Crippen molar-refractivity contribution in [1.29, 1.82) is 0 Å². The van der Waals surface area contributed by atoms with Gasteiger partial charge in [0.05, 0.1) is 4.47 Å². The van der Waals surface area contributed by atoms with Gasteiger partial charge in [-0.1, -0.05) is 5.16 Å². The Morgan fingerprint density at radius 2 is 2.30 bits per heavy atom. The number of nitrogens with zero attached hydrogens (tertiary/aromatic N) is 1. The van der Waals surface area contributed by atoms with Crippen LogP contribution in [-0.4, -0.2) is 11.4 Å². The van der Waals surface area contributed by atoms with E-state index in [4.69, 9.17) is 9.62 Å². The fraction of sp³-hybridized carbons (Fsp3) is 0. The van der Waals surface area contributed by atoms with Gasteiger partial charge in [-0.25, -0.2) is 0 Å². The van der Waals surface area contributed by atoms with E-state index in [9.17, 15) is 0 Å². The highest BCUT2D eigenvalue weighted by Gasteiger charge is 2.02. The molecule has 0 radical (unpaired) electrons. The van der Waals surface area contributed by atoms with Crippen LogP contribution in [0.2, 0.25) is 0 Å². The minimum absolute atomic E-state index is 0.487. The first-order valence-electron chi connectivity index (χ1n) is 2.36. The van der Waals surface area contributed by atoms with Crippen molar-refractivity contribution in [3.05, 3.63) is 21.0 Å². The van der Waals surface area contributed by atoms with Gasteiger partial charge in [0.1, 0.15) is 6.21 Å². The molecule has 1 aromatic heterocycles. The lowest BCUT2D eigenvalue weighted by atomic mass is 10.5. The Labute approximate surface area is 74.0 Å². The van der Waals surface area contributed by atoms with Crippen LogP contribution in [0.25, 0.3) is 0 Å². The van der Waals surface area contributed by atoms with E-state index in [-0.39, 0.29) is 0 Å². The average Bonchev–Trinajstić information content (AvgIpc) is 2.14. The molecule has 10 heavy (non-hydrogen) atoms. The van der Waals surface area contributed by atoms with Crippen LogP contribution in [0.4, 0.5) is 0 Å². The maximum atomic E-state index is 8.10. The third-order valence-corrected chi connectivity index (χ3v) is 2.56. The largest absolute Gasteiger partial charge is 0.447 e. The average molecular weight is 269 g/mol. The second-order valence-corrected chi connectivity index (χ2v) is 3.09. The zero-order chi connectivity index (χ0) is 7.56. The first-order chi connectivity index (χ1) is 4.74. The molecule has 0 amide bonds. The van der Waals surface area contributed by atoms with Gasteiger partial charge in [0.25, 0.3) is 0 Å². The first-order valence-corrected chi connectivity index (χ1v) is 3.95. The van der Waals surface area contributed by atoms with Crippen LogP contribution >= 0.6 is 31.9 Å². The van der Waals surface area contributed by atoms with Gasteiger partial charge in [0, 0.05) is 6.07 Å². The molecule has 1 aromatic rings. The van der Waals surface area contributed by atoms with Gasteiger partial charge >= 0.3 is 0 Å². The zero-order valence-corrected chi connectivity index (χ0v) is 7.89. The number of oxime groups is 1. The molecular weight excluding hydrogens is 266 g/mol. The highest BCUT2D eigenvalue weighted by Crippen LogP contribution is 2.25. The Bertz CT molecular complexity index is 237. The second kappa shape index (κ2) is 3.21. The zero-order valence-electron chi connectivity index (χ0n) is 4.71. The van der Waals surface area contributed by atoms with Gasteiger partial charge in [-0.05, 0) is 31.9 Å². The molecule has 54 valence electrons. The van der Waals surface area contributed by atoms with E-state index in [0.717, 1.165) is 4.47 Å². The highest BCUT2D eigenvalue weighted by atomic mass is 79.9. The topological polar surface area (TPSA) is 45.7 Å². The Morgan fingerprint density at radius 1 is 1.60 bits per heavy atom. The van der Waals surface area contributed by atoms with Gasteiger partial charge in [0.15, 0.2) is 10.4 Å². The third-order valence-electron chi connectivity index (χ3n) is 0.849. The van der Waals surface area contributed by atoms with Crippen molar-refractivity contribution in [1.82, 2.24) is 0 Å². The molecule has 0 aliphatic carbocycles. The summed E-state index contributed by atoms with van der Waals surface area (Å²) in [5, 5.41) is 10.9. The lowest BCUT2D eigenvalue weighted by molar-refractivity contribution is 0.320. The van der Waals surface area contributed by atoms with E-state index in [1.165, 1.54) is 6.21 Å². The number of halogens is 2. The van der Waals surface area contributed by atoms with Crippen LogP contribution < -0.4 is 0 Å². The summed E-state index contributed by atoms with van der Waals surface area (Å²) in [5.41, 5.74) is 0. The summed E-state index contributed by atoms with van der Waals surface area (Å²) in [5.74, 6) is 0.487. The molecule has 0 unspecified atom stereocenters. The molecule has 0 aliphatic rings. The van der Waals surface area contributed by atoms with Gasteiger partial charge in [0.2, 0.25) is 0 Å². The minimum atomic E-state index is 0.487. The summed E-state index contributed by atoms with van der Waals surface area (Å²) >= 11 is 6.33. The summed E-state index contributed by atoms with van der Waals surface area (Å²) < 4.78 is 6.39. The molecular formula is C5H3Br2NO2. The fourth-order valence-corrected chi connectivity index (χ4v) is 1.09. The molecule has 0 spiro atoms. The predicted octanol–water partition coefficient (Wildman–Crippen LogP) is 2.61. The monoisotopic (exact) mass is 267 g/mol. The minimum Gasteiger partial charge on any atom is -0.447 e. The van der Waals surface area contributed by atoms with Crippen molar-refractivity contribution in [3.63, 3.8) is 0 Å². The predicted molar refractivity (Wildman–Crippen MR) is 43.5 cm³/mol. The van der Waals surface area contributed by atoms with Crippen molar-refractivity contribution in [2.24, 2.45) is 5.16 Å². The van der Waals surface area contributed by atoms with Gasteiger partial charge < -0.3 is 9.62 Å². The normalized spacial score (nSPS) is 11.0. The van der Waals surface area contributed by atoms with Crippen LogP contribution in [0.3, 0.4) is 0 Å². The molecule has 0 bridgehead atoms. The van der Waals surface area contributed by atoms with Crippen molar-refractivity contribution in [2.45, 2.75) is 0 Å². The molecule has 1 heterocycles. The van der Waals surface area contributed by atoms with E-state index in [0.29, 0.717) is 10.4 Å². The van der Waals surface area contributed by atoms with Crippen LogP contribution in [0.5, 0.6) is 0 Å². The van der Waals surface area contributed by atoms with Crippen molar-refractivity contribution < 1.29 is 9.62 Å². The first kappa shape index (κ1) is 7.81. The summed E-state index contributed by atoms with van der Waals surface area (Å²) in [4.78, 5) is 0. The van der Waals surface area contributed by atoms with Gasteiger partial charge in [-0.2, -0.15) is 0 Å². The summed E-state index contributed by atoms with van der Waals surface area (Å²) in [6.07, 6.45) is 1.20. The molecule has 0 aliphatic heterocycles. The Kier molecular flexibility index (Phi) is 2.50. The summed E-state index contributed by atoms with van der Waals surface area (Å²) in [6, 6.07) is 1.68. The van der Waals surface area contributed by atoms with E-state index in [1.54, 1.807) is 6.07 Å². The van der Waals surface area contributed by atoms with Crippen molar-refractivity contribution in [3.8, 4) is 0 Å².